The van der Waals surface area contributed by atoms with Crippen molar-refractivity contribution >= 4 is 0 Å². The molecule has 0 saturated heterocycles. The summed E-state index contributed by atoms with van der Waals surface area (Å²) in [6, 6.07) is 0. The maximum atomic E-state index is 8.63. The summed E-state index contributed by atoms with van der Waals surface area (Å²) in [7, 11) is 1.67. The minimum Gasteiger partial charge on any atom is -0.396 e. The highest BCUT2D eigenvalue weighted by molar-refractivity contribution is 4.90. The van der Waals surface area contributed by atoms with Crippen LogP contribution in [0.15, 0.2) is 12.2 Å². The second-order valence-electron chi connectivity index (χ2n) is 2.49. The van der Waals surface area contributed by atoms with Gasteiger partial charge in [0.1, 0.15) is 0 Å². The third kappa shape index (κ3) is 4.53. The van der Waals surface area contributed by atoms with Gasteiger partial charge in [-0.2, -0.15) is 0 Å². The second kappa shape index (κ2) is 5.45. The van der Waals surface area contributed by atoms with E-state index in [0.717, 1.165) is 0 Å². The van der Waals surface area contributed by atoms with Crippen LogP contribution in [0, 0.1) is 5.92 Å². The summed E-state index contributed by atoms with van der Waals surface area (Å²) in [5.41, 5.74) is 0. The molecule has 0 aliphatic carbocycles. The lowest BCUT2D eigenvalue weighted by Gasteiger charge is -2.03. The topological polar surface area (TPSA) is 29.5 Å². The van der Waals surface area contributed by atoms with Crippen LogP contribution in [-0.2, 0) is 4.74 Å². The van der Waals surface area contributed by atoms with Gasteiger partial charge in [-0.3, -0.25) is 0 Å². The highest BCUT2D eigenvalue weighted by atomic mass is 16.5. The highest BCUT2D eigenvalue weighted by Crippen LogP contribution is 1.97. The van der Waals surface area contributed by atoms with Crippen LogP contribution in [-0.4, -0.2) is 24.9 Å². The predicted octanol–water partition coefficient (Wildman–Crippen LogP) is 1.21. The van der Waals surface area contributed by atoms with Gasteiger partial charge < -0.3 is 9.84 Å². The van der Waals surface area contributed by atoms with Crippen molar-refractivity contribution < 1.29 is 9.84 Å². The third-order valence-electron chi connectivity index (χ3n) is 1.37. The minimum absolute atomic E-state index is 0.147. The van der Waals surface area contributed by atoms with Crippen LogP contribution in [0.3, 0.4) is 0 Å². The molecule has 60 valence electrons. The quantitative estimate of drug-likeness (QED) is 0.601. The monoisotopic (exact) mass is 144 g/mol. The van der Waals surface area contributed by atoms with E-state index in [2.05, 4.69) is 0 Å². The Kier molecular flexibility index (Phi) is 5.26. The molecule has 2 unspecified atom stereocenters. The van der Waals surface area contributed by atoms with Gasteiger partial charge in [-0.05, 0) is 12.8 Å². The molecule has 0 rings (SSSR count). The Hall–Kier alpha value is -0.340. The van der Waals surface area contributed by atoms with Crippen LogP contribution in [0.25, 0.3) is 0 Å². The number of hydrogen-bond donors (Lipinski definition) is 1. The predicted molar refractivity (Wildman–Crippen MR) is 41.9 cm³/mol. The first kappa shape index (κ1) is 9.66. The van der Waals surface area contributed by atoms with Crippen molar-refractivity contribution in [1.82, 2.24) is 0 Å². The number of rotatable bonds is 4. The molecule has 2 nitrogen and oxygen atoms in total. The van der Waals surface area contributed by atoms with Gasteiger partial charge in [-0.1, -0.05) is 19.1 Å². The summed E-state index contributed by atoms with van der Waals surface area (Å²) in [5.74, 6) is 0.234. The van der Waals surface area contributed by atoms with Gasteiger partial charge in [-0.15, -0.1) is 0 Å². The van der Waals surface area contributed by atoms with Gasteiger partial charge in [-0.25, -0.2) is 0 Å². The molecule has 0 saturated carbocycles. The first-order chi connectivity index (χ1) is 4.70. The summed E-state index contributed by atoms with van der Waals surface area (Å²) in [5, 5.41) is 8.63. The van der Waals surface area contributed by atoms with Gasteiger partial charge in [0.05, 0.1) is 6.10 Å². The fraction of sp³-hybridized carbons (Fsp3) is 0.750. The van der Waals surface area contributed by atoms with Crippen molar-refractivity contribution in [3.8, 4) is 0 Å². The van der Waals surface area contributed by atoms with Gasteiger partial charge in [0.2, 0.25) is 0 Å². The molecule has 2 heteroatoms. The Morgan fingerprint density at radius 1 is 1.40 bits per heavy atom. The minimum atomic E-state index is 0.147. The molecular formula is C8H16O2. The normalized spacial score (nSPS) is 17.6. The molecule has 10 heavy (non-hydrogen) atoms. The lowest BCUT2D eigenvalue weighted by atomic mass is 10.1. The van der Waals surface area contributed by atoms with Crippen LogP contribution in [0.2, 0.25) is 0 Å². The zero-order valence-electron chi connectivity index (χ0n) is 6.87. The number of aliphatic hydroxyl groups excluding tert-OH is 1. The average Bonchev–Trinajstić information content (AvgIpc) is 1.99. The molecule has 1 N–H and O–H groups in total. The summed E-state index contributed by atoms with van der Waals surface area (Å²) in [6.45, 7) is 4.12. The van der Waals surface area contributed by atoms with Gasteiger partial charge in [0.25, 0.3) is 0 Å². The zero-order valence-corrected chi connectivity index (χ0v) is 6.87. The Morgan fingerprint density at radius 3 is 2.40 bits per heavy atom. The molecule has 0 aliphatic heterocycles. The summed E-state index contributed by atoms with van der Waals surface area (Å²) < 4.78 is 4.98. The lowest BCUT2D eigenvalue weighted by Crippen LogP contribution is -2.02. The SMILES string of the molecule is COC(C)/C=C/C(C)CO. The maximum Gasteiger partial charge on any atom is 0.0723 e. The Bertz CT molecular complexity index is 87.4. The number of aliphatic hydroxyl groups is 1. The molecule has 0 radical (unpaired) electrons. The Balaban J connectivity index is 3.52. The van der Waals surface area contributed by atoms with Gasteiger partial charge >= 0.3 is 0 Å². The number of methoxy groups -OCH3 is 1. The molecular weight excluding hydrogens is 128 g/mol. The van der Waals surface area contributed by atoms with Crippen LogP contribution in [0.1, 0.15) is 13.8 Å². The van der Waals surface area contributed by atoms with Crippen LogP contribution < -0.4 is 0 Å². The molecule has 2 atom stereocenters. The summed E-state index contributed by atoms with van der Waals surface area (Å²) >= 11 is 0. The van der Waals surface area contributed by atoms with Crippen molar-refractivity contribution in [1.29, 1.82) is 0 Å². The second-order valence-corrected chi connectivity index (χ2v) is 2.49. The van der Waals surface area contributed by atoms with E-state index < -0.39 is 0 Å². The van der Waals surface area contributed by atoms with E-state index in [0.29, 0.717) is 0 Å². The summed E-state index contributed by atoms with van der Waals surface area (Å²) in [4.78, 5) is 0. The molecule has 0 spiro atoms. The summed E-state index contributed by atoms with van der Waals surface area (Å²) in [6.07, 6.45) is 4.05. The molecule has 0 amide bonds. The molecule has 0 aromatic rings. The lowest BCUT2D eigenvalue weighted by molar-refractivity contribution is 0.155. The van der Waals surface area contributed by atoms with E-state index >= 15 is 0 Å². The van der Waals surface area contributed by atoms with Crippen molar-refractivity contribution in [2.45, 2.75) is 20.0 Å². The molecule has 0 aromatic carbocycles. The van der Waals surface area contributed by atoms with E-state index in [9.17, 15) is 0 Å². The maximum absolute atomic E-state index is 8.63. The third-order valence-corrected chi connectivity index (χ3v) is 1.37. The van der Waals surface area contributed by atoms with E-state index in [1.807, 2.05) is 26.0 Å². The van der Waals surface area contributed by atoms with E-state index in [-0.39, 0.29) is 18.6 Å². The number of ether oxygens (including phenoxy) is 1. The largest absolute Gasteiger partial charge is 0.396 e. The van der Waals surface area contributed by atoms with Crippen LogP contribution in [0.4, 0.5) is 0 Å². The van der Waals surface area contributed by atoms with Crippen molar-refractivity contribution in [3.05, 3.63) is 12.2 Å². The standard InChI is InChI=1S/C8H16O2/c1-7(6-9)4-5-8(2)10-3/h4-5,7-9H,6H2,1-3H3/b5-4+. The van der Waals surface area contributed by atoms with Crippen LogP contribution >= 0.6 is 0 Å². The molecule has 0 fully saturated rings. The Morgan fingerprint density at radius 2 is 2.00 bits per heavy atom. The smallest absolute Gasteiger partial charge is 0.0723 e. The molecule has 0 bridgehead atoms. The zero-order chi connectivity index (χ0) is 7.98. The Labute approximate surface area is 62.5 Å². The first-order valence-electron chi connectivity index (χ1n) is 3.52. The van der Waals surface area contributed by atoms with Gasteiger partial charge in [0, 0.05) is 13.7 Å². The molecule has 0 aromatic heterocycles. The fourth-order valence-corrected chi connectivity index (χ4v) is 0.486. The average molecular weight is 144 g/mol. The van der Waals surface area contributed by atoms with Crippen molar-refractivity contribution in [2.75, 3.05) is 13.7 Å². The molecule has 0 heterocycles. The van der Waals surface area contributed by atoms with E-state index in [1.165, 1.54) is 0 Å². The number of hydrogen-bond acceptors (Lipinski definition) is 2. The van der Waals surface area contributed by atoms with Crippen molar-refractivity contribution in [2.24, 2.45) is 5.92 Å². The first-order valence-corrected chi connectivity index (χ1v) is 3.52. The van der Waals surface area contributed by atoms with E-state index in [4.69, 9.17) is 9.84 Å². The van der Waals surface area contributed by atoms with Crippen molar-refractivity contribution in [3.63, 3.8) is 0 Å². The molecule has 0 aliphatic rings. The van der Waals surface area contributed by atoms with Gasteiger partial charge in [0.15, 0.2) is 0 Å². The van der Waals surface area contributed by atoms with E-state index in [1.54, 1.807) is 7.11 Å². The highest BCUT2D eigenvalue weighted by Gasteiger charge is 1.94. The van der Waals surface area contributed by atoms with Crippen LogP contribution in [0.5, 0.6) is 0 Å². The fourth-order valence-electron chi connectivity index (χ4n) is 0.486.